The fourth-order valence-corrected chi connectivity index (χ4v) is 3.33. The SMILES string of the molecule is ClCc1nnc(C2CCCCCCC2)n1C1CC1. The minimum absolute atomic E-state index is 0.496. The van der Waals surface area contributed by atoms with Crippen LogP contribution in [0.1, 0.15) is 81.4 Å². The van der Waals surface area contributed by atoms with Gasteiger partial charge in [-0.15, -0.1) is 21.8 Å². The first-order valence-corrected chi connectivity index (χ1v) is 7.93. The van der Waals surface area contributed by atoms with E-state index in [-0.39, 0.29) is 0 Å². The number of aromatic nitrogens is 3. The Hall–Kier alpha value is -0.570. The standard InChI is InChI=1S/C14H22ClN3/c15-10-13-16-17-14(18(13)12-8-9-12)11-6-4-2-1-3-5-7-11/h11-12H,1-10H2. The molecule has 0 amide bonds. The minimum Gasteiger partial charge on any atom is -0.311 e. The quantitative estimate of drug-likeness (QED) is 0.769. The fourth-order valence-electron chi connectivity index (χ4n) is 3.15. The van der Waals surface area contributed by atoms with Crippen molar-refractivity contribution in [3.63, 3.8) is 0 Å². The first kappa shape index (κ1) is 12.5. The second kappa shape index (κ2) is 5.60. The monoisotopic (exact) mass is 267 g/mol. The Kier molecular flexibility index (Phi) is 3.88. The lowest BCUT2D eigenvalue weighted by Gasteiger charge is -2.20. The summed E-state index contributed by atoms with van der Waals surface area (Å²) in [6.07, 6.45) is 12.0. The Bertz CT molecular complexity index is 390. The smallest absolute Gasteiger partial charge is 0.148 e. The van der Waals surface area contributed by atoms with Gasteiger partial charge >= 0.3 is 0 Å². The first-order chi connectivity index (χ1) is 8.90. The molecule has 1 heterocycles. The third kappa shape index (κ3) is 2.56. The van der Waals surface area contributed by atoms with Crippen molar-refractivity contribution in [2.75, 3.05) is 0 Å². The van der Waals surface area contributed by atoms with E-state index in [2.05, 4.69) is 14.8 Å². The van der Waals surface area contributed by atoms with Crippen LogP contribution in [0.25, 0.3) is 0 Å². The zero-order valence-electron chi connectivity index (χ0n) is 10.9. The molecule has 2 saturated carbocycles. The van der Waals surface area contributed by atoms with Gasteiger partial charge in [0.15, 0.2) is 0 Å². The molecule has 1 aromatic heterocycles. The molecule has 0 spiro atoms. The Balaban J connectivity index is 1.82. The number of hydrogen-bond donors (Lipinski definition) is 0. The van der Waals surface area contributed by atoms with Crippen LogP contribution in [0.2, 0.25) is 0 Å². The Morgan fingerprint density at radius 2 is 1.61 bits per heavy atom. The highest BCUT2D eigenvalue weighted by Crippen LogP contribution is 2.40. The Labute approximate surface area is 114 Å². The molecule has 0 aliphatic heterocycles. The van der Waals surface area contributed by atoms with E-state index < -0.39 is 0 Å². The lowest BCUT2D eigenvalue weighted by Crippen LogP contribution is -2.11. The van der Waals surface area contributed by atoms with Crippen molar-refractivity contribution in [1.82, 2.24) is 14.8 Å². The van der Waals surface area contributed by atoms with Crippen molar-refractivity contribution in [3.05, 3.63) is 11.6 Å². The highest BCUT2D eigenvalue weighted by Gasteiger charge is 2.31. The molecule has 0 unspecified atom stereocenters. The molecule has 1 aromatic rings. The van der Waals surface area contributed by atoms with Gasteiger partial charge in [0.1, 0.15) is 11.6 Å². The molecular weight excluding hydrogens is 246 g/mol. The summed E-state index contributed by atoms with van der Waals surface area (Å²) in [7, 11) is 0. The zero-order valence-corrected chi connectivity index (χ0v) is 11.7. The molecule has 100 valence electrons. The van der Waals surface area contributed by atoms with Crippen LogP contribution in [0.4, 0.5) is 0 Å². The molecule has 0 N–H and O–H groups in total. The summed E-state index contributed by atoms with van der Waals surface area (Å²) in [5.41, 5.74) is 0. The van der Waals surface area contributed by atoms with Gasteiger partial charge in [-0.05, 0) is 25.7 Å². The minimum atomic E-state index is 0.496. The number of rotatable bonds is 3. The van der Waals surface area contributed by atoms with E-state index in [1.807, 2.05) is 0 Å². The number of hydrogen-bond acceptors (Lipinski definition) is 2. The van der Waals surface area contributed by atoms with E-state index in [0.717, 1.165) is 5.82 Å². The van der Waals surface area contributed by atoms with Crippen LogP contribution >= 0.6 is 11.6 Å². The molecule has 18 heavy (non-hydrogen) atoms. The maximum atomic E-state index is 5.99. The van der Waals surface area contributed by atoms with Crippen molar-refractivity contribution in [2.24, 2.45) is 0 Å². The topological polar surface area (TPSA) is 30.7 Å². The molecule has 3 rings (SSSR count). The molecule has 4 heteroatoms. The zero-order chi connectivity index (χ0) is 12.4. The molecule has 3 nitrogen and oxygen atoms in total. The van der Waals surface area contributed by atoms with Crippen molar-refractivity contribution in [3.8, 4) is 0 Å². The Morgan fingerprint density at radius 3 is 2.22 bits per heavy atom. The molecule has 2 aliphatic carbocycles. The van der Waals surface area contributed by atoms with Crippen molar-refractivity contribution >= 4 is 11.6 Å². The van der Waals surface area contributed by atoms with Gasteiger partial charge in [0.25, 0.3) is 0 Å². The van der Waals surface area contributed by atoms with Crippen molar-refractivity contribution in [1.29, 1.82) is 0 Å². The molecule has 0 aromatic carbocycles. The molecular formula is C14H22ClN3. The highest BCUT2D eigenvalue weighted by molar-refractivity contribution is 6.16. The maximum absolute atomic E-state index is 5.99. The van der Waals surface area contributed by atoms with Crippen LogP contribution in [-0.2, 0) is 5.88 Å². The lowest BCUT2D eigenvalue weighted by molar-refractivity contribution is 0.428. The molecule has 0 bridgehead atoms. The summed E-state index contributed by atoms with van der Waals surface area (Å²) in [5, 5.41) is 8.78. The van der Waals surface area contributed by atoms with E-state index in [0.29, 0.717) is 17.8 Å². The van der Waals surface area contributed by atoms with Crippen LogP contribution in [0.5, 0.6) is 0 Å². The van der Waals surface area contributed by atoms with Crippen LogP contribution < -0.4 is 0 Å². The van der Waals surface area contributed by atoms with Gasteiger partial charge in [0.05, 0.1) is 5.88 Å². The average Bonchev–Trinajstić information content (AvgIpc) is 3.09. The van der Waals surface area contributed by atoms with E-state index in [1.165, 1.54) is 63.6 Å². The summed E-state index contributed by atoms with van der Waals surface area (Å²) in [5.74, 6) is 3.33. The second-order valence-corrected chi connectivity index (χ2v) is 6.02. The molecule has 2 fully saturated rings. The van der Waals surface area contributed by atoms with E-state index in [4.69, 9.17) is 11.6 Å². The molecule has 0 atom stereocenters. The molecule has 0 radical (unpaired) electrons. The Morgan fingerprint density at radius 1 is 0.944 bits per heavy atom. The maximum Gasteiger partial charge on any atom is 0.148 e. The fraction of sp³-hybridized carbons (Fsp3) is 0.857. The van der Waals surface area contributed by atoms with Gasteiger partial charge in [-0.25, -0.2) is 0 Å². The number of nitrogens with zero attached hydrogens (tertiary/aromatic N) is 3. The summed E-state index contributed by atoms with van der Waals surface area (Å²) in [6, 6.07) is 0.647. The molecule has 2 aliphatic rings. The summed E-state index contributed by atoms with van der Waals surface area (Å²) < 4.78 is 2.36. The van der Waals surface area contributed by atoms with E-state index in [9.17, 15) is 0 Å². The van der Waals surface area contributed by atoms with Gasteiger partial charge in [0, 0.05) is 12.0 Å². The highest BCUT2D eigenvalue weighted by atomic mass is 35.5. The lowest BCUT2D eigenvalue weighted by atomic mass is 9.90. The van der Waals surface area contributed by atoms with Gasteiger partial charge in [-0.2, -0.15) is 0 Å². The van der Waals surface area contributed by atoms with E-state index in [1.54, 1.807) is 0 Å². The molecule has 0 saturated heterocycles. The van der Waals surface area contributed by atoms with E-state index >= 15 is 0 Å². The van der Waals surface area contributed by atoms with Crippen molar-refractivity contribution in [2.45, 2.75) is 75.6 Å². The first-order valence-electron chi connectivity index (χ1n) is 7.40. The summed E-state index contributed by atoms with van der Waals surface area (Å²) in [4.78, 5) is 0. The summed E-state index contributed by atoms with van der Waals surface area (Å²) >= 11 is 5.99. The van der Waals surface area contributed by atoms with Crippen LogP contribution in [0.15, 0.2) is 0 Å². The predicted octanol–water partition coefficient (Wildman–Crippen LogP) is 4.18. The normalized spacial score (nSPS) is 22.7. The van der Waals surface area contributed by atoms with Crippen LogP contribution in [0.3, 0.4) is 0 Å². The number of halogens is 1. The second-order valence-electron chi connectivity index (χ2n) is 5.75. The number of alkyl halides is 1. The third-order valence-electron chi connectivity index (χ3n) is 4.29. The van der Waals surface area contributed by atoms with Gasteiger partial charge < -0.3 is 4.57 Å². The van der Waals surface area contributed by atoms with Gasteiger partial charge in [0.2, 0.25) is 0 Å². The predicted molar refractivity (Wildman–Crippen MR) is 72.9 cm³/mol. The third-order valence-corrected chi connectivity index (χ3v) is 4.53. The van der Waals surface area contributed by atoms with Gasteiger partial charge in [-0.1, -0.05) is 32.1 Å². The summed E-state index contributed by atoms with van der Waals surface area (Å²) in [6.45, 7) is 0. The largest absolute Gasteiger partial charge is 0.311 e. The van der Waals surface area contributed by atoms with Crippen LogP contribution in [0, 0.1) is 0 Å². The van der Waals surface area contributed by atoms with Crippen molar-refractivity contribution < 1.29 is 0 Å². The van der Waals surface area contributed by atoms with Crippen LogP contribution in [-0.4, -0.2) is 14.8 Å². The average molecular weight is 268 g/mol. The van der Waals surface area contributed by atoms with Gasteiger partial charge in [-0.3, -0.25) is 0 Å².